The van der Waals surface area contributed by atoms with Crippen LogP contribution in [-0.4, -0.2) is 17.0 Å². The molecule has 7 heteroatoms. The maximum Gasteiger partial charge on any atom is 0.331 e. The number of carbonyl (C=O) groups excluding carboxylic acids is 1. The molecule has 0 fully saturated rings. The Labute approximate surface area is 106 Å². The van der Waals surface area contributed by atoms with Gasteiger partial charge in [0.15, 0.2) is 17.5 Å². The molecule has 0 radical (unpaired) electrons. The first-order valence-corrected chi connectivity index (χ1v) is 5.10. The molecule has 0 saturated carbocycles. The number of carbonyl (C=O) groups is 2. The predicted molar refractivity (Wildman–Crippen MR) is 61.0 cm³/mol. The number of amides is 1. The average Bonchev–Trinajstić information content (AvgIpc) is 2.33. The van der Waals surface area contributed by atoms with Crippen LogP contribution in [0.5, 0.6) is 0 Å². The molecule has 0 heterocycles. The topological polar surface area (TPSA) is 66.4 Å². The van der Waals surface area contributed by atoms with E-state index in [9.17, 15) is 22.8 Å². The molecule has 19 heavy (non-hydrogen) atoms. The summed E-state index contributed by atoms with van der Waals surface area (Å²) in [6, 6.07) is 1.19. The summed E-state index contributed by atoms with van der Waals surface area (Å²) in [5, 5.41) is 10.8. The Morgan fingerprint density at radius 3 is 1.95 bits per heavy atom. The molecule has 4 nitrogen and oxygen atoms in total. The van der Waals surface area contributed by atoms with Gasteiger partial charge < -0.3 is 10.4 Å². The lowest BCUT2D eigenvalue weighted by atomic mass is 10.1. The van der Waals surface area contributed by atoms with Gasteiger partial charge in [0, 0.05) is 29.0 Å². The highest BCUT2D eigenvalue weighted by Gasteiger charge is 2.15. The van der Waals surface area contributed by atoms with Crippen molar-refractivity contribution < 1.29 is 27.9 Å². The van der Waals surface area contributed by atoms with E-state index in [1.165, 1.54) is 13.8 Å². The molecule has 0 aliphatic carbocycles. The van der Waals surface area contributed by atoms with Crippen LogP contribution in [0.3, 0.4) is 0 Å². The number of hydrogen-bond acceptors (Lipinski definition) is 2. The lowest BCUT2D eigenvalue weighted by Gasteiger charge is -2.07. The molecular weight excluding hydrogens is 263 g/mol. The van der Waals surface area contributed by atoms with Crippen molar-refractivity contribution in [2.75, 3.05) is 5.32 Å². The monoisotopic (exact) mass is 273 g/mol. The van der Waals surface area contributed by atoms with E-state index in [4.69, 9.17) is 5.11 Å². The third-order valence-corrected chi connectivity index (χ3v) is 2.47. The number of carboxylic acids is 1. The Hall–Kier alpha value is -2.31. The third kappa shape index (κ3) is 3.34. The molecule has 1 amide bonds. The van der Waals surface area contributed by atoms with Crippen molar-refractivity contribution >= 4 is 17.6 Å². The number of carboxylic acid groups (broad SMARTS) is 1. The fourth-order valence-corrected chi connectivity index (χ4v) is 1.18. The van der Waals surface area contributed by atoms with Crippen molar-refractivity contribution in [3.63, 3.8) is 0 Å². The molecule has 0 aliphatic rings. The van der Waals surface area contributed by atoms with E-state index >= 15 is 0 Å². The molecule has 0 bridgehead atoms. The zero-order valence-corrected chi connectivity index (χ0v) is 10.1. The van der Waals surface area contributed by atoms with Gasteiger partial charge in [0.1, 0.15) is 0 Å². The zero-order chi connectivity index (χ0) is 14.7. The van der Waals surface area contributed by atoms with Crippen LogP contribution < -0.4 is 5.32 Å². The van der Waals surface area contributed by atoms with Crippen molar-refractivity contribution in [1.29, 1.82) is 0 Å². The standard InChI is InChI=1S/C12H10F3NO3/c1-5(6(2)12(18)19)11(17)16-7-3-8(13)10(15)9(14)4-7/h3-4H,1-2H3,(H,16,17)(H,18,19)/b6-5-. The van der Waals surface area contributed by atoms with E-state index in [2.05, 4.69) is 5.32 Å². The SMILES string of the molecule is C/C(C(=O)O)=C(\C)C(=O)Nc1cc(F)c(F)c(F)c1. The van der Waals surface area contributed by atoms with Gasteiger partial charge in [0.2, 0.25) is 0 Å². The number of rotatable bonds is 3. The fourth-order valence-electron chi connectivity index (χ4n) is 1.18. The molecule has 0 aliphatic heterocycles. The molecule has 0 unspecified atom stereocenters. The van der Waals surface area contributed by atoms with Crippen LogP contribution in [0.2, 0.25) is 0 Å². The summed E-state index contributed by atoms with van der Waals surface area (Å²) in [7, 11) is 0. The maximum atomic E-state index is 12.9. The smallest absolute Gasteiger partial charge is 0.331 e. The Bertz CT molecular complexity index is 559. The first-order chi connectivity index (χ1) is 8.73. The molecule has 102 valence electrons. The van der Waals surface area contributed by atoms with Crippen LogP contribution in [0, 0.1) is 17.5 Å². The number of anilines is 1. The summed E-state index contributed by atoms with van der Waals surface area (Å²) in [4.78, 5) is 22.2. The van der Waals surface area contributed by atoms with E-state index < -0.39 is 29.3 Å². The lowest BCUT2D eigenvalue weighted by Crippen LogP contribution is -2.16. The highest BCUT2D eigenvalue weighted by molar-refractivity contribution is 6.08. The molecule has 1 aromatic rings. The van der Waals surface area contributed by atoms with E-state index in [0.717, 1.165) is 0 Å². The van der Waals surface area contributed by atoms with Crippen molar-refractivity contribution in [3.05, 3.63) is 40.7 Å². The minimum atomic E-state index is -1.65. The van der Waals surface area contributed by atoms with Gasteiger partial charge in [-0.2, -0.15) is 0 Å². The van der Waals surface area contributed by atoms with Gasteiger partial charge in [-0.15, -0.1) is 0 Å². The summed E-state index contributed by atoms with van der Waals surface area (Å²) in [6.07, 6.45) is 0. The Morgan fingerprint density at radius 1 is 1.05 bits per heavy atom. The quantitative estimate of drug-likeness (QED) is 0.656. The first-order valence-electron chi connectivity index (χ1n) is 5.10. The van der Waals surface area contributed by atoms with E-state index in [-0.39, 0.29) is 16.8 Å². The van der Waals surface area contributed by atoms with Gasteiger partial charge in [-0.05, 0) is 13.8 Å². The minimum Gasteiger partial charge on any atom is -0.478 e. The Balaban J connectivity index is 3.02. The molecule has 0 atom stereocenters. The molecule has 0 saturated heterocycles. The van der Waals surface area contributed by atoms with Crippen molar-refractivity contribution in [1.82, 2.24) is 0 Å². The summed E-state index contributed by atoms with van der Waals surface area (Å²) < 4.78 is 38.5. The minimum absolute atomic E-state index is 0.127. The van der Waals surface area contributed by atoms with Crippen LogP contribution in [0.4, 0.5) is 18.9 Å². The van der Waals surface area contributed by atoms with Crippen LogP contribution >= 0.6 is 0 Å². The number of nitrogens with one attached hydrogen (secondary N) is 1. The van der Waals surface area contributed by atoms with Crippen LogP contribution in [0.25, 0.3) is 0 Å². The molecule has 1 rings (SSSR count). The van der Waals surface area contributed by atoms with Gasteiger partial charge in [-0.1, -0.05) is 0 Å². The van der Waals surface area contributed by atoms with Crippen LogP contribution in [0.15, 0.2) is 23.3 Å². The van der Waals surface area contributed by atoms with E-state index in [0.29, 0.717) is 12.1 Å². The lowest BCUT2D eigenvalue weighted by molar-refractivity contribution is -0.133. The second kappa shape index (κ2) is 5.55. The Kier molecular flexibility index (Phi) is 4.31. The zero-order valence-electron chi connectivity index (χ0n) is 10.1. The van der Waals surface area contributed by atoms with Gasteiger partial charge >= 0.3 is 5.97 Å². The van der Waals surface area contributed by atoms with Gasteiger partial charge in [0.25, 0.3) is 5.91 Å². The Morgan fingerprint density at radius 2 is 1.53 bits per heavy atom. The molecule has 2 N–H and O–H groups in total. The highest BCUT2D eigenvalue weighted by atomic mass is 19.2. The average molecular weight is 273 g/mol. The third-order valence-electron chi connectivity index (χ3n) is 2.47. The molecular formula is C12H10F3NO3. The fraction of sp³-hybridized carbons (Fsp3) is 0.167. The first kappa shape index (κ1) is 14.7. The molecule has 0 aromatic heterocycles. The predicted octanol–water partition coefficient (Wildman–Crippen LogP) is 2.46. The number of aliphatic carboxylic acids is 1. The van der Waals surface area contributed by atoms with E-state index in [1.807, 2.05) is 0 Å². The van der Waals surface area contributed by atoms with Crippen LogP contribution in [-0.2, 0) is 9.59 Å². The van der Waals surface area contributed by atoms with Gasteiger partial charge in [0.05, 0.1) is 0 Å². The highest BCUT2D eigenvalue weighted by Crippen LogP contribution is 2.18. The summed E-state index contributed by atoms with van der Waals surface area (Å²) in [5.41, 5.74) is -0.642. The summed E-state index contributed by atoms with van der Waals surface area (Å²) in [6.45, 7) is 2.46. The molecule has 1 aromatic carbocycles. The van der Waals surface area contributed by atoms with Gasteiger partial charge in [-0.25, -0.2) is 18.0 Å². The summed E-state index contributed by atoms with van der Waals surface area (Å²) in [5.74, 6) is -6.68. The van der Waals surface area contributed by atoms with E-state index in [1.54, 1.807) is 0 Å². The van der Waals surface area contributed by atoms with Crippen molar-refractivity contribution in [2.45, 2.75) is 13.8 Å². The largest absolute Gasteiger partial charge is 0.478 e. The van der Waals surface area contributed by atoms with Crippen molar-refractivity contribution in [2.24, 2.45) is 0 Å². The summed E-state index contributed by atoms with van der Waals surface area (Å²) >= 11 is 0. The second-order valence-corrected chi connectivity index (χ2v) is 3.76. The normalized spacial score (nSPS) is 11.8. The molecule has 0 spiro atoms. The maximum absolute atomic E-state index is 12.9. The number of hydrogen-bond donors (Lipinski definition) is 2. The second-order valence-electron chi connectivity index (χ2n) is 3.76. The number of halogens is 3. The van der Waals surface area contributed by atoms with Gasteiger partial charge in [-0.3, -0.25) is 4.79 Å². The van der Waals surface area contributed by atoms with Crippen LogP contribution in [0.1, 0.15) is 13.8 Å². The number of benzene rings is 1. The van der Waals surface area contributed by atoms with Crippen molar-refractivity contribution in [3.8, 4) is 0 Å².